The van der Waals surface area contributed by atoms with Crippen molar-refractivity contribution < 1.29 is 107 Å². The molecular weight excluding hydrogens is 964 g/mol. The van der Waals surface area contributed by atoms with Crippen molar-refractivity contribution in [3.8, 4) is 0 Å². The van der Waals surface area contributed by atoms with E-state index >= 15 is 0 Å². The summed E-state index contributed by atoms with van der Waals surface area (Å²) in [5.74, 6) is -3.02. The number of allylic oxidation sites excluding steroid dienone is 2. The van der Waals surface area contributed by atoms with Crippen LogP contribution in [0.5, 0.6) is 0 Å². The van der Waals surface area contributed by atoms with Gasteiger partial charge in [0.1, 0.15) is 31.8 Å². The molecule has 4 rings (SSSR count). The van der Waals surface area contributed by atoms with Gasteiger partial charge in [0.05, 0.1) is 0 Å². The van der Waals surface area contributed by atoms with E-state index in [1.807, 2.05) is 0 Å². The molecule has 0 bridgehead atoms. The third kappa shape index (κ3) is 22.7. The Balaban J connectivity index is -0.00000215. The molecule has 0 radical (unpaired) electrons. The van der Waals surface area contributed by atoms with Crippen molar-refractivity contribution in [2.45, 2.75) is 38.5 Å². The van der Waals surface area contributed by atoms with Crippen molar-refractivity contribution in [1.29, 1.82) is 0 Å². The van der Waals surface area contributed by atoms with Crippen LogP contribution in [0.2, 0.25) is 0 Å². The fourth-order valence-corrected chi connectivity index (χ4v) is 5.08. The number of nitrogens with two attached hydrogens (primary N) is 2. The number of rotatable bonds is 12. The molecule has 0 amide bonds. The SMILES string of the molecule is O=C(OCC(COC(=O)C1CCC[N-]C1)(COC(=O)C1CCC[N-]C1)COC(=O)C1CCC[N-]C1)C1=CC=C[N-]C1.[Cl][Zn][Cl].[Cl][Zn][Cl].[NH2-].[NH2-].[Zn].[Zn]. The van der Waals surface area contributed by atoms with Crippen LogP contribution in [0.4, 0.5) is 0 Å². The van der Waals surface area contributed by atoms with Gasteiger partial charge in [-0.1, -0.05) is 38.0 Å². The summed E-state index contributed by atoms with van der Waals surface area (Å²) < 4.78 is 22.8. The molecule has 0 aromatic carbocycles. The molecule has 0 aliphatic carbocycles. The average Bonchev–Trinajstić information content (AvgIpc) is 3.12. The molecule has 4 heterocycles. The first-order chi connectivity index (χ1) is 22.8. The first kappa shape index (κ1) is 55.9. The molecule has 51 heavy (non-hydrogen) atoms. The van der Waals surface area contributed by atoms with E-state index in [0.717, 1.165) is 19.3 Å². The Kier molecular flexibility index (Phi) is 37.2. The Bertz CT molecular complexity index is 957. The van der Waals surface area contributed by atoms with Crippen molar-refractivity contribution in [3.05, 3.63) is 57.5 Å². The van der Waals surface area contributed by atoms with Gasteiger partial charge in [0.15, 0.2) is 0 Å². The van der Waals surface area contributed by atoms with Crippen molar-refractivity contribution in [2.24, 2.45) is 23.2 Å². The minimum absolute atomic E-state index is 0. The summed E-state index contributed by atoms with van der Waals surface area (Å²) in [6, 6.07) is 0. The van der Waals surface area contributed by atoms with Crippen LogP contribution in [0, 0.1) is 23.2 Å². The zero-order valence-electron chi connectivity index (χ0n) is 29.0. The maximum Gasteiger partial charge on any atom is 0 e. The van der Waals surface area contributed by atoms with Crippen LogP contribution in [0.1, 0.15) is 38.5 Å². The quantitative estimate of drug-likeness (QED) is 0.108. The standard InChI is InChI=1S/C29H41N4O8.4ClH.2H2N.4Zn/c34-25(21-5-1-9-30-13-21)38-17-29(18-39-26(35)22-6-2-10-31-14-22,19-40-27(36)23-7-3-11-32-15-23)20-41-28(37)24-8-4-12-33-16-24;;;;;;;;;;/h1,5,9,22-24H,2-4,6-8,10-20H2,(H,30,34);4*1H;2*1H2;;;;/q-3;;;;;2*-1;;;2*+2/p-5. The van der Waals surface area contributed by atoms with Crippen LogP contribution in [0.25, 0.3) is 33.6 Å². The molecule has 3 unspecified atom stereocenters. The second kappa shape index (κ2) is 33.9. The Hall–Kier alpha value is 0.614. The van der Waals surface area contributed by atoms with Gasteiger partial charge in [-0.25, -0.2) is 4.79 Å². The molecule has 280 valence electrons. The zero-order chi connectivity index (χ0) is 34.3. The first-order valence-electron chi connectivity index (χ1n) is 15.6. The Morgan fingerprint density at radius 3 is 1.31 bits per heavy atom. The normalized spacial score (nSPS) is 21.3. The molecule has 3 fully saturated rings. The third-order valence-corrected chi connectivity index (χ3v) is 7.74. The summed E-state index contributed by atoms with van der Waals surface area (Å²) in [6.07, 6.45) is 9.22. The van der Waals surface area contributed by atoms with Crippen molar-refractivity contribution in [3.63, 3.8) is 0 Å². The molecule has 0 aromatic heterocycles. The van der Waals surface area contributed by atoms with E-state index in [4.69, 9.17) is 57.7 Å². The van der Waals surface area contributed by atoms with Crippen LogP contribution in [-0.4, -0.2) is 96.1 Å². The number of halogens is 4. The molecule has 0 spiro atoms. The van der Waals surface area contributed by atoms with Gasteiger partial charge >= 0.3 is 92.9 Å². The number of hydrogen-bond donors (Lipinski definition) is 0. The van der Waals surface area contributed by atoms with Crippen LogP contribution in [0.15, 0.2) is 23.9 Å². The zero-order valence-corrected chi connectivity index (χ0v) is 43.9. The molecule has 4 aliphatic rings. The smallest absolute Gasteiger partial charge is 0 e. The van der Waals surface area contributed by atoms with E-state index < -0.39 is 59.6 Å². The average molecular weight is 1010 g/mol. The van der Waals surface area contributed by atoms with E-state index in [9.17, 15) is 19.2 Å². The molecule has 4 aliphatic heterocycles. The molecular formula is C29H44Cl4N6O8Zn4-6. The summed E-state index contributed by atoms with van der Waals surface area (Å²) in [5.41, 5.74) is -0.966. The first-order valence-corrected chi connectivity index (χ1v) is 31.2. The summed E-state index contributed by atoms with van der Waals surface area (Å²) in [4.78, 5) is 51.7. The molecule has 22 heteroatoms. The molecule has 0 aromatic rings. The fraction of sp³-hybridized carbons (Fsp3) is 0.724. The summed E-state index contributed by atoms with van der Waals surface area (Å²) in [6.45, 7) is 2.33. The van der Waals surface area contributed by atoms with Crippen molar-refractivity contribution >= 4 is 62.6 Å². The molecule has 3 saturated heterocycles. The summed E-state index contributed by atoms with van der Waals surface area (Å²) in [7, 11) is 19.8. The van der Waals surface area contributed by atoms with E-state index in [1.165, 1.54) is 0 Å². The maximum atomic E-state index is 12.9. The van der Waals surface area contributed by atoms with Gasteiger partial charge in [-0.05, 0) is 19.3 Å². The van der Waals surface area contributed by atoms with Gasteiger partial charge in [0, 0.05) is 62.3 Å². The minimum atomic E-state index is -1.32. The fourth-order valence-electron chi connectivity index (χ4n) is 5.08. The maximum absolute atomic E-state index is 12.9. The Morgan fingerprint density at radius 1 is 0.667 bits per heavy atom. The van der Waals surface area contributed by atoms with Crippen LogP contribution >= 0.6 is 38.8 Å². The topological polar surface area (TPSA) is 229 Å². The molecule has 3 atom stereocenters. The number of ether oxygens (including phenoxy) is 4. The Morgan fingerprint density at radius 2 is 1.02 bits per heavy atom. The van der Waals surface area contributed by atoms with E-state index in [0.29, 0.717) is 64.1 Å². The predicted octanol–water partition coefficient (Wildman–Crippen LogP) is 7.51. The number of piperidine rings is 3. The van der Waals surface area contributed by atoms with Crippen LogP contribution < -0.4 is 0 Å². The van der Waals surface area contributed by atoms with Gasteiger partial charge in [0.2, 0.25) is 0 Å². The van der Waals surface area contributed by atoms with Crippen molar-refractivity contribution in [2.75, 3.05) is 72.2 Å². The van der Waals surface area contributed by atoms with E-state index in [-0.39, 0.29) is 102 Å². The van der Waals surface area contributed by atoms with E-state index in [1.54, 1.807) is 18.4 Å². The van der Waals surface area contributed by atoms with Gasteiger partial charge in [0.25, 0.3) is 0 Å². The van der Waals surface area contributed by atoms with Gasteiger partial charge < -0.3 is 52.5 Å². The van der Waals surface area contributed by atoms with Gasteiger partial charge in [-0.2, -0.15) is 6.20 Å². The number of esters is 4. The van der Waals surface area contributed by atoms with Crippen LogP contribution in [0.3, 0.4) is 0 Å². The van der Waals surface area contributed by atoms with Gasteiger partial charge in [-0.3, -0.25) is 14.4 Å². The molecule has 0 saturated carbocycles. The van der Waals surface area contributed by atoms with Crippen molar-refractivity contribution in [1.82, 2.24) is 0 Å². The molecule has 14 nitrogen and oxygen atoms in total. The second-order valence-electron chi connectivity index (χ2n) is 11.4. The third-order valence-electron chi connectivity index (χ3n) is 7.74. The van der Waals surface area contributed by atoms with E-state index in [2.05, 4.69) is 21.3 Å². The summed E-state index contributed by atoms with van der Waals surface area (Å²) >= 11 is -1.86. The Labute approximate surface area is 358 Å². The minimum Gasteiger partial charge on any atom is -0.693 e. The monoisotopic (exact) mass is 1000 g/mol. The molecule has 4 N–H and O–H groups in total. The van der Waals surface area contributed by atoms with Gasteiger partial charge in [-0.15, -0.1) is 39.3 Å². The largest absolute Gasteiger partial charge is 0.693 e. The number of carbonyl (C=O) groups excluding carboxylic acids is 4. The predicted molar refractivity (Wildman–Crippen MR) is 183 cm³/mol. The number of hydrogen-bond acceptors (Lipinski definition) is 8. The second-order valence-corrected chi connectivity index (χ2v) is 20.6. The number of nitrogens with zero attached hydrogens (tertiary/aromatic N) is 4. The summed E-state index contributed by atoms with van der Waals surface area (Å²) in [5, 5.41) is 17.0. The number of carbonyl (C=O) groups is 4. The van der Waals surface area contributed by atoms with Crippen LogP contribution in [-0.2, 0) is 107 Å².